The maximum Gasteiger partial charge on any atom is 0.357 e. The van der Waals surface area contributed by atoms with Gasteiger partial charge in [-0.3, -0.25) is 14.1 Å². The lowest BCUT2D eigenvalue weighted by molar-refractivity contribution is -0.121. The fourth-order valence-electron chi connectivity index (χ4n) is 3.34. The number of aromatic nitrogens is 1. The Morgan fingerprint density at radius 3 is 2.50 bits per heavy atom. The molecule has 34 heavy (non-hydrogen) atoms. The van der Waals surface area contributed by atoms with Gasteiger partial charge in [0.05, 0.1) is 28.7 Å². The minimum absolute atomic E-state index is 0.134. The van der Waals surface area contributed by atoms with E-state index in [-0.39, 0.29) is 18.0 Å². The van der Waals surface area contributed by atoms with Gasteiger partial charge in [-0.25, -0.2) is 4.98 Å². The van der Waals surface area contributed by atoms with Crippen LogP contribution in [0.2, 0.25) is 5.02 Å². The molecule has 7 nitrogen and oxygen atoms in total. The largest absolute Gasteiger partial charge is 0.357 e. The van der Waals surface area contributed by atoms with Crippen LogP contribution in [-0.4, -0.2) is 23.9 Å². The van der Waals surface area contributed by atoms with E-state index >= 15 is 0 Å². The number of anilines is 1. The SMILES string of the molecule is O=C(Cc1ccccc1Cl)N[C@@H](Cc1ccc(NS(=O)(=O)O)cc1)c1csc(-c2cccs2)n1. The van der Waals surface area contributed by atoms with Crippen LogP contribution in [0.25, 0.3) is 9.88 Å². The average molecular weight is 534 g/mol. The Balaban J connectivity index is 1.55. The molecule has 0 saturated heterocycles. The van der Waals surface area contributed by atoms with Crippen molar-refractivity contribution in [1.29, 1.82) is 0 Å². The molecule has 0 saturated carbocycles. The second kappa shape index (κ2) is 10.7. The van der Waals surface area contributed by atoms with Gasteiger partial charge in [0.2, 0.25) is 5.91 Å². The molecule has 4 aromatic rings. The molecule has 2 aromatic carbocycles. The van der Waals surface area contributed by atoms with Crippen molar-refractivity contribution >= 4 is 56.2 Å². The number of hydrogen-bond acceptors (Lipinski definition) is 6. The summed E-state index contributed by atoms with van der Waals surface area (Å²) in [5, 5.41) is 8.40. The van der Waals surface area contributed by atoms with Crippen LogP contribution < -0.4 is 10.0 Å². The topological polar surface area (TPSA) is 108 Å². The lowest BCUT2D eigenvalue weighted by Gasteiger charge is -2.18. The van der Waals surface area contributed by atoms with E-state index in [4.69, 9.17) is 21.1 Å². The van der Waals surface area contributed by atoms with Crippen molar-refractivity contribution in [2.24, 2.45) is 0 Å². The van der Waals surface area contributed by atoms with Crippen LogP contribution in [0.3, 0.4) is 0 Å². The minimum atomic E-state index is -4.35. The number of halogens is 1. The first-order chi connectivity index (χ1) is 16.3. The van der Waals surface area contributed by atoms with E-state index in [0.29, 0.717) is 11.4 Å². The van der Waals surface area contributed by atoms with Crippen molar-refractivity contribution in [3.05, 3.63) is 93.3 Å². The van der Waals surface area contributed by atoms with Gasteiger partial charge in [-0.2, -0.15) is 8.42 Å². The van der Waals surface area contributed by atoms with Gasteiger partial charge in [0.1, 0.15) is 5.01 Å². The molecule has 1 atom stereocenters. The van der Waals surface area contributed by atoms with Crippen LogP contribution in [0.15, 0.2) is 71.4 Å². The highest BCUT2D eigenvalue weighted by Gasteiger charge is 2.20. The third kappa shape index (κ3) is 6.64. The van der Waals surface area contributed by atoms with Crippen LogP contribution in [0.4, 0.5) is 5.69 Å². The molecule has 0 bridgehead atoms. The monoisotopic (exact) mass is 533 g/mol. The van der Waals surface area contributed by atoms with E-state index in [1.165, 1.54) is 11.3 Å². The zero-order valence-corrected chi connectivity index (χ0v) is 20.8. The Kier molecular flexibility index (Phi) is 7.64. The van der Waals surface area contributed by atoms with Crippen molar-refractivity contribution in [3.63, 3.8) is 0 Å². The maximum atomic E-state index is 12.9. The zero-order chi connectivity index (χ0) is 24.1. The van der Waals surface area contributed by atoms with Gasteiger partial charge in [-0.05, 0) is 47.2 Å². The summed E-state index contributed by atoms with van der Waals surface area (Å²) in [6.07, 6.45) is 0.573. The van der Waals surface area contributed by atoms with E-state index in [1.807, 2.05) is 45.8 Å². The van der Waals surface area contributed by atoms with E-state index in [1.54, 1.807) is 41.7 Å². The fourth-order valence-corrected chi connectivity index (χ4v) is 5.67. The maximum absolute atomic E-state index is 12.9. The highest BCUT2D eigenvalue weighted by molar-refractivity contribution is 7.87. The lowest BCUT2D eigenvalue weighted by Crippen LogP contribution is -2.31. The lowest BCUT2D eigenvalue weighted by atomic mass is 10.0. The molecular formula is C23H20ClN3O4S3. The summed E-state index contributed by atoms with van der Waals surface area (Å²) < 4.78 is 33.0. The van der Waals surface area contributed by atoms with Gasteiger partial charge in [-0.1, -0.05) is 48.0 Å². The summed E-state index contributed by atoms with van der Waals surface area (Å²) in [7, 11) is -4.35. The molecular weight excluding hydrogens is 514 g/mol. The molecule has 1 amide bonds. The summed E-state index contributed by atoms with van der Waals surface area (Å²) in [5.74, 6) is -0.187. The van der Waals surface area contributed by atoms with Gasteiger partial charge in [-0.15, -0.1) is 22.7 Å². The van der Waals surface area contributed by atoms with Crippen LogP contribution in [0, 0.1) is 0 Å². The molecule has 0 radical (unpaired) electrons. The van der Waals surface area contributed by atoms with Crippen molar-refractivity contribution in [1.82, 2.24) is 10.3 Å². The quantitative estimate of drug-likeness (QED) is 0.250. The summed E-state index contributed by atoms with van der Waals surface area (Å²) in [4.78, 5) is 18.7. The zero-order valence-electron chi connectivity index (χ0n) is 17.6. The number of rotatable bonds is 9. The first-order valence-corrected chi connectivity index (χ1v) is 13.7. The summed E-state index contributed by atoms with van der Waals surface area (Å²) in [5.41, 5.74) is 2.56. The Labute approximate surface area is 210 Å². The molecule has 0 unspecified atom stereocenters. The highest BCUT2D eigenvalue weighted by Crippen LogP contribution is 2.31. The van der Waals surface area contributed by atoms with Crippen molar-refractivity contribution in [2.45, 2.75) is 18.9 Å². The van der Waals surface area contributed by atoms with Crippen molar-refractivity contribution < 1.29 is 17.8 Å². The number of thiophene rings is 1. The molecule has 11 heteroatoms. The van der Waals surface area contributed by atoms with Crippen LogP contribution in [0.5, 0.6) is 0 Å². The molecule has 3 N–H and O–H groups in total. The van der Waals surface area contributed by atoms with Crippen LogP contribution in [-0.2, 0) is 27.9 Å². The second-order valence-electron chi connectivity index (χ2n) is 7.42. The average Bonchev–Trinajstić information content (AvgIpc) is 3.47. The van der Waals surface area contributed by atoms with Gasteiger partial charge in [0.15, 0.2) is 0 Å². The highest BCUT2D eigenvalue weighted by atomic mass is 35.5. The summed E-state index contributed by atoms with van der Waals surface area (Å²) >= 11 is 9.33. The Bertz CT molecular complexity index is 1370. The molecule has 0 aliphatic rings. The molecule has 4 rings (SSSR count). The van der Waals surface area contributed by atoms with E-state index in [9.17, 15) is 13.2 Å². The first kappa shape index (κ1) is 24.4. The van der Waals surface area contributed by atoms with Crippen LogP contribution >= 0.6 is 34.3 Å². The van der Waals surface area contributed by atoms with Gasteiger partial charge in [0.25, 0.3) is 0 Å². The van der Waals surface area contributed by atoms with Crippen molar-refractivity contribution in [3.8, 4) is 9.88 Å². The fraction of sp³-hybridized carbons (Fsp3) is 0.130. The Hall–Kier alpha value is -2.76. The second-order valence-corrected chi connectivity index (χ2v) is 10.8. The predicted molar refractivity (Wildman–Crippen MR) is 137 cm³/mol. The molecule has 2 aromatic heterocycles. The number of nitrogens with one attached hydrogen (secondary N) is 2. The van der Waals surface area contributed by atoms with Gasteiger partial charge >= 0.3 is 10.3 Å². The van der Waals surface area contributed by atoms with Gasteiger partial charge in [0, 0.05) is 10.4 Å². The summed E-state index contributed by atoms with van der Waals surface area (Å²) in [6.45, 7) is 0. The third-order valence-corrected chi connectivity index (χ3v) is 7.66. The number of carbonyl (C=O) groups excluding carboxylic acids is 1. The number of nitrogens with zero attached hydrogens (tertiary/aromatic N) is 1. The van der Waals surface area contributed by atoms with Crippen molar-refractivity contribution in [2.75, 3.05) is 4.72 Å². The number of hydrogen-bond donors (Lipinski definition) is 3. The normalized spacial score (nSPS) is 12.3. The molecule has 176 valence electrons. The predicted octanol–water partition coefficient (Wildman–Crippen LogP) is 5.38. The molecule has 0 fully saturated rings. The number of carbonyl (C=O) groups is 1. The molecule has 0 aliphatic heterocycles. The number of benzene rings is 2. The van der Waals surface area contributed by atoms with Crippen LogP contribution in [0.1, 0.15) is 22.9 Å². The van der Waals surface area contributed by atoms with Gasteiger partial charge < -0.3 is 5.32 Å². The number of thiazole rings is 1. The molecule has 0 aliphatic carbocycles. The first-order valence-electron chi connectivity index (χ1n) is 10.1. The standard InChI is InChI=1S/C23H20ClN3O4S3/c24-18-5-2-1-4-16(18)13-22(28)25-19(20-14-33-23(26-20)21-6-3-11-32-21)12-15-7-9-17(10-8-15)27-34(29,30)31/h1-11,14,19,27H,12-13H2,(H,25,28)(H,29,30,31)/t19-/m0/s1. The van der Waals surface area contributed by atoms with E-state index < -0.39 is 16.3 Å². The smallest absolute Gasteiger partial charge is 0.347 e. The number of amides is 1. The molecule has 2 heterocycles. The third-order valence-electron chi connectivity index (χ3n) is 4.90. The summed E-state index contributed by atoms with van der Waals surface area (Å²) in [6, 6.07) is 17.3. The minimum Gasteiger partial charge on any atom is -0.347 e. The Morgan fingerprint density at radius 2 is 1.82 bits per heavy atom. The van der Waals surface area contributed by atoms with E-state index in [0.717, 1.165) is 26.7 Å². The molecule has 0 spiro atoms. The van der Waals surface area contributed by atoms with E-state index in [2.05, 4.69) is 5.32 Å². The Morgan fingerprint density at radius 1 is 1.06 bits per heavy atom.